The molecule has 1 saturated heterocycles. The van der Waals surface area contributed by atoms with E-state index in [4.69, 9.17) is 21.1 Å². The Labute approximate surface area is 192 Å². The normalized spacial score (nSPS) is 16.0. The molecule has 1 aromatic rings. The van der Waals surface area contributed by atoms with Crippen LogP contribution in [0.1, 0.15) is 38.7 Å². The summed E-state index contributed by atoms with van der Waals surface area (Å²) in [5, 5.41) is 4.32. The van der Waals surface area contributed by atoms with Gasteiger partial charge in [0, 0.05) is 57.4 Å². The first-order chi connectivity index (χ1) is 13.0. The molecule has 1 N–H and O–H groups in total. The number of rotatable bonds is 8. The van der Waals surface area contributed by atoms with Crippen molar-refractivity contribution < 1.29 is 9.47 Å². The SMILES string of the molecule is CN=C(NCC(C)(C)c1cccc(Cl)c1)N1CCC(OCCCOC)CC1.I. The molecule has 7 heteroatoms. The van der Waals surface area contributed by atoms with Crippen molar-refractivity contribution in [2.75, 3.05) is 47.0 Å². The molecule has 160 valence electrons. The number of benzene rings is 1. The van der Waals surface area contributed by atoms with Crippen molar-refractivity contribution in [2.24, 2.45) is 4.99 Å². The standard InChI is InChI=1S/C21H34ClN3O2.HI/c1-21(2,17-7-5-8-18(22)15-17)16-24-20(23-3)25-11-9-19(10-12-25)27-14-6-13-26-4;/h5,7-8,15,19H,6,9-14,16H2,1-4H3,(H,23,24);1H. The van der Waals surface area contributed by atoms with Gasteiger partial charge in [0.1, 0.15) is 0 Å². The molecule has 1 aliphatic heterocycles. The smallest absolute Gasteiger partial charge is 0.193 e. The molecule has 1 fully saturated rings. The average molecular weight is 524 g/mol. The van der Waals surface area contributed by atoms with E-state index in [9.17, 15) is 0 Å². The zero-order valence-corrected chi connectivity index (χ0v) is 20.6. The lowest BCUT2D eigenvalue weighted by molar-refractivity contribution is 0.00987. The van der Waals surface area contributed by atoms with Gasteiger partial charge in [0.15, 0.2) is 5.96 Å². The highest BCUT2D eigenvalue weighted by Crippen LogP contribution is 2.25. The van der Waals surface area contributed by atoms with Crippen molar-refractivity contribution in [3.05, 3.63) is 34.9 Å². The van der Waals surface area contributed by atoms with E-state index in [0.29, 0.717) is 6.10 Å². The molecule has 1 aromatic carbocycles. The quantitative estimate of drug-likeness (QED) is 0.238. The van der Waals surface area contributed by atoms with E-state index in [2.05, 4.69) is 35.1 Å². The van der Waals surface area contributed by atoms with E-state index in [0.717, 1.165) is 63.1 Å². The summed E-state index contributed by atoms with van der Waals surface area (Å²) in [4.78, 5) is 6.81. The summed E-state index contributed by atoms with van der Waals surface area (Å²) in [5.41, 5.74) is 1.19. The van der Waals surface area contributed by atoms with E-state index in [1.807, 2.05) is 25.2 Å². The van der Waals surface area contributed by atoms with E-state index in [1.165, 1.54) is 5.56 Å². The lowest BCUT2D eigenvalue weighted by Crippen LogP contribution is -2.49. The third-order valence-electron chi connectivity index (χ3n) is 5.09. The van der Waals surface area contributed by atoms with E-state index < -0.39 is 0 Å². The second kappa shape index (κ2) is 12.9. The Kier molecular flexibility index (Phi) is 11.7. The van der Waals surface area contributed by atoms with Gasteiger partial charge in [-0.05, 0) is 37.0 Å². The number of ether oxygens (including phenoxy) is 2. The lowest BCUT2D eigenvalue weighted by atomic mass is 9.84. The maximum atomic E-state index is 6.16. The fraction of sp³-hybridized carbons (Fsp3) is 0.667. The van der Waals surface area contributed by atoms with Crippen LogP contribution < -0.4 is 5.32 Å². The number of nitrogens with one attached hydrogen (secondary N) is 1. The molecule has 28 heavy (non-hydrogen) atoms. The lowest BCUT2D eigenvalue weighted by Gasteiger charge is -2.35. The Hall–Kier alpha value is -0.570. The zero-order chi connectivity index (χ0) is 19.7. The average Bonchev–Trinajstić information content (AvgIpc) is 2.67. The van der Waals surface area contributed by atoms with Gasteiger partial charge in [-0.25, -0.2) is 0 Å². The number of likely N-dealkylation sites (tertiary alicyclic amines) is 1. The summed E-state index contributed by atoms with van der Waals surface area (Å²) in [6, 6.07) is 8.09. The molecule has 0 unspecified atom stereocenters. The summed E-state index contributed by atoms with van der Waals surface area (Å²) in [5.74, 6) is 0.961. The number of methoxy groups -OCH3 is 1. The third kappa shape index (κ3) is 8.05. The predicted molar refractivity (Wildman–Crippen MR) is 128 cm³/mol. The molecule has 0 spiro atoms. The molecule has 0 aromatic heterocycles. The van der Waals surface area contributed by atoms with E-state index in [1.54, 1.807) is 7.11 Å². The predicted octanol–water partition coefficient (Wildman–Crippen LogP) is 4.33. The van der Waals surface area contributed by atoms with E-state index >= 15 is 0 Å². The van der Waals surface area contributed by atoms with E-state index in [-0.39, 0.29) is 29.4 Å². The van der Waals surface area contributed by atoms with Gasteiger partial charge >= 0.3 is 0 Å². The Balaban J connectivity index is 0.00000392. The summed E-state index contributed by atoms with van der Waals surface area (Å²) >= 11 is 6.16. The summed E-state index contributed by atoms with van der Waals surface area (Å²) in [6.45, 7) is 8.71. The monoisotopic (exact) mass is 523 g/mol. The van der Waals surface area contributed by atoms with Gasteiger partial charge < -0.3 is 19.7 Å². The maximum absolute atomic E-state index is 6.16. The van der Waals surface area contributed by atoms with Crippen molar-refractivity contribution in [3.8, 4) is 0 Å². The second-order valence-corrected chi connectivity index (χ2v) is 8.13. The third-order valence-corrected chi connectivity index (χ3v) is 5.33. The van der Waals surface area contributed by atoms with Crippen LogP contribution in [0.4, 0.5) is 0 Å². The van der Waals surface area contributed by atoms with Crippen LogP contribution in [0.25, 0.3) is 0 Å². The largest absolute Gasteiger partial charge is 0.385 e. The molecule has 0 saturated carbocycles. The molecule has 0 amide bonds. The number of hydrogen-bond donors (Lipinski definition) is 1. The molecule has 0 aliphatic carbocycles. The minimum atomic E-state index is -0.0381. The first-order valence-electron chi connectivity index (χ1n) is 9.78. The molecule has 0 bridgehead atoms. The number of guanidine groups is 1. The first kappa shape index (κ1) is 25.5. The maximum Gasteiger partial charge on any atom is 0.193 e. The summed E-state index contributed by atoms with van der Waals surface area (Å²) in [7, 11) is 3.58. The number of halogens is 2. The topological polar surface area (TPSA) is 46.1 Å². The van der Waals surface area contributed by atoms with Crippen molar-refractivity contribution >= 4 is 41.5 Å². The summed E-state index contributed by atoms with van der Waals surface area (Å²) in [6.07, 6.45) is 3.37. The van der Waals surface area contributed by atoms with Crippen LogP contribution in [0.2, 0.25) is 5.02 Å². The molecule has 1 aliphatic rings. The Morgan fingerprint density at radius 3 is 2.61 bits per heavy atom. The van der Waals surface area contributed by atoms with Crippen molar-refractivity contribution in [2.45, 2.75) is 44.6 Å². The van der Waals surface area contributed by atoms with Gasteiger partial charge in [-0.3, -0.25) is 4.99 Å². The Morgan fingerprint density at radius 2 is 2.00 bits per heavy atom. The van der Waals surface area contributed by atoms with Crippen LogP contribution in [-0.4, -0.2) is 64.0 Å². The molecule has 0 radical (unpaired) electrons. The first-order valence-corrected chi connectivity index (χ1v) is 10.2. The van der Waals surface area contributed by atoms with Crippen LogP contribution in [-0.2, 0) is 14.9 Å². The van der Waals surface area contributed by atoms with Gasteiger partial charge in [0.05, 0.1) is 6.10 Å². The molecule has 2 rings (SSSR count). The van der Waals surface area contributed by atoms with Crippen LogP contribution >= 0.6 is 35.6 Å². The van der Waals surface area contributed by atoms with Crippen LogP contribution in [0.15, 0.2) is 29.3 Å². The minimum Gasteiger partial charge on any atom is -0.385 e. The number of aliphatic imine (C=N–C) groups is 1. The minimum absolute atomic E-state index is 0. The van der Waals surface area contributed by atoms with Crippen LogP contribution in [0.5, 0.6) is 0 Å². The van der Waals surface area contributed by atoms with Gasteiger partial charge in [-0.1, -0.05) is 37.6 Å². The highest BCUT2D eigenvalue weighted by Gasteiger charge is 2.25. The molecule has 5 nitrogen and oxygen atoms in total. The molecular weight excluding hydrogens is 489 g/mol. The fourth-order valence-corrected chi connectivity index (χ4v) is 3.52. The number of nitrogens with zero attached hydrogens (tertiary/aromatic N) is 2. The van der Waals surface area contributed by atoms with Gasteiger partial charge in [0.25, 0.3) is 0 Å². The van der Waals surface area contributed by atoms with Crippen LogP contribution in [0.3, 0.4) is 0 Å². The molecule has 0 atom stereocenters. The van der Waals surface area contributed by atoms with Crippen molar-refractivity contribution in [1.29, 1.82) is 0 Å². The van der Waals surface area contributed by atoms with Crippen LogP contribution in [0, 0.1) is 0 Å². The Morgan fingerprint density at radius 1 is 1.29 bits per heavy atom. The number of hydrogen-bond acceptors (Lipinski definition) is 3. The second-order valence-electron chi connectivity index (χ2n) is 7.70. The van der Waals surface area contributed by atoms with Crippen molar-refractivity contribution in [3.63, 3.8) is 0 Å². The highest BCUT2D eigenvalue weighted by molar-refractivity contribution is 14.0. The van der Waals surface area contributed by atoms with Gasteiger partial charge in [-0.2, -0.15) is 0 Å². The highest BCUT2D eigenvalue weighted by atomic mass is 127. The Bertz CT molecular complexity index is 605. The van der Waals surface area contributed by atoms with Crippen molar-refractivity contribution in [1.82, 2.24) is 10.2 Å². The molecule has 1 heterocycles. The van der Waals surface area contributed by atoms with Gasteiger partial charge in [-0.15, -0.1) is 24.0 Å². The molecular formula is C21H35ClIN3O2. The van der Waals surface area contributed by atoms with Gasteiger partial charge in [0.2, 0.25) is 0 Å². The number of piperidine rings is 1. The summed E-state index contributed by atoms with van der Waals surface area (Å²) < 4.78 is 11.0. The zero-order valence-electron chi connectivity index (χ0n) is 17.5. The fourth-order valence-electron chi connectivity index (χ4n) is 3.33.